The molecule has 0 atom stereocenters. The molecule has 0 aromatic carbocycles. The summed E-state index contributed by atoms with van der Waals surface area (Å²) in [5.74, 6) is 2.38. The minimum atomic E-state index is 0.645. The fourth-order valence-corrected chi connectivity index (χ4v) is 1.27. The summed E-state index contributed by atoms with van der Waals surface area (Å²) in [5, 5.41) is 0. The lowest BCUT2D eigenvalue weighted by Gasteiger charge is -1.95. The highest BCUT2D eigenvalue weighted by molar-refractivity contribution is 7.99. The third-order valence-corrected chi connectivity index (χ3v) is 2.11. The van der Waals surface area contributed by atoms with Gasteiger partial charge in [0.25, 0.3) is 0 Å². The van der Waals surface area contributed by atoms with Crippen LogP contribution in [-0.2, 0) is 0 Å². The Kier molecular flexibility index (Phi) is 6.53. The molecule has 0 bridgehead atoms. The topological polar surface area (TPSA) is 26.0 Å². The van der Waals surface area contributed by atoms with E-state index < -0.39 is 0 Å². The van der Waals surface area contributed by atoms with Crippen molar-refractivity contribution in [2.45, 2.75) is 19.8 Å². The molecule has 0 saturated carbocycles. The van der Waals surface area contributed by atoms with E-state index in [1.807, 2.05) is 11.8 Å². The molecule has 0 aliphatic heterocycles. The smallest absolute Gasteiger partial charge is 0.0727 e. The minimum absolute atomic E-state index is 0.645. The predicted octanol–water partition coefficient (Wildman–Crippen LogP) is 1.81. The fraction of sp³-hybridized carbons (Fsp3) is 0.833. The summed E-state index contributed by atoms with van der Waals surface area (Å²) in [6.07, 6.45) is 2.04. The third kappa shape index (κ3) is 8.24. The Morgan fingerprint density at radius 3 is 2.78 bits per heavy atom. The maximum absolute atomic E-state index is 5.30. The van der Waals surface area contributed by atoms with Gasteiger partial charge in [0, 0.05) is 0 Å². The van der Waals surface area contributed by atoms with E-state index in [1.165, 1.54) is 11.5 Å². The zero-order chi connectivity index (χ0) is 7.11. The van der Waals surface area contributed by atoms with Gasteiger partial charge in [-0.25, -0.2) is 0 Å². The second-order valence-electron chi connectivity index (χ2n) is 1.77. The van der Waals surface area contributed by atoms with E-state index in [-0.39, 0.29) is 0 Å². The molecule has 0 amide bonds. The molecule has 0 aromatic rings. The van der Waals surface area contributed by atoms with E-state index in [1.54, 1.807) is 0 Å². The van der Waals surface area contributed by atoms with Crippen molar-refractivity contribution in [2.75, 3.05) is 11.5 Å². The molecule has 0 fully saturated rings. The van der Waals surface area contributed by atoms with Gasteiger partial charge in [-0.1, -0.05) is 19.1 Å². The van der Waals surface area contributed by atoms with Crippen LogP contribution in [0.1, 0.15) is 19.8 Å². The summed E-state index contributed by atoms with van der Waals surface area (Å²) in [5.41, 5.74) is 5.30. The third-order valence-electron chi connectivity index (χ3n) is 0.916. The molecule has 0 radical (unpaired) electrons. The van der Waals surface area contributed by atoms with Crippen molar-refractivity contribution < 1.29 is 0 Å². The van der Waals surface area contributed by atoms with Crippen LogP contribution in [-0.4, -0.2) is 16.5 Å². The fourth-order valence-electron chi connectivity index (χ4n) is 0.493. The maximum atomic E-state index is 5.30. The number of hydrogen-bond donors (Lipinski definition) is 1. The van der Waals surface area contributed by atoms with Crippen molar-refractivity contribution >= 4 is 29.0 Å². The Labute approximate surface area is 66.4 Å². The van der Waals surface area contributed by atoms with Gasteiger partial charge in [-0.2, -0.15) is 11.8 Å². The molecule has 0 aromatic heterocycles. The van der Waals surface area contributed by atoms with Crippen LogP contribution >= 0.6 is 24.0 Å². The molecule has 54 valence electrons. The van der Waals surface area contributed by atoms with Crippen LogP contribution in [0.2, 0.25) is 0 Å². The second kappa shape index (κ2) is 6.36. The Hall–Kier alpha value is 0.240. The first-order valence-electron chi connectivity index (χ1n) is 3.13. The summed E-state index contributed by atoms with van der Waals surface area (Å²) in [6.45, 7) is 2.16. The Morgan fingerprint density at radius 1 is 1.67 bits per heavy atom. The highest BCUT2D eigenvalue weighted by atomic mass is 32.2. The summed E-state index contributed by atoms with van der Waals surface area (Å²) < 4.78 is 0. The predicted molar refractivity (Wildman–Crippen MR) is 49.0 cm³/mol. The molecule has 3 heteroatoms. The molecule has 1 nitrogen and oxygen atoms in total. The summed E-state index contributed by atoms with van der Waals surface area (Å²) in [7, 11) is 0. The van der Waals surface area contributed by atoms with Gasteiger partial charge >= 0.3 is 0 Å². The zero-order valence-electron chi connectivity index (χ0n) is 5.72. The van der Waals surface area contributed by atoms with Gasteiger partial charge in [0.05, 0.1) is 4.99 Å². The standard InChI is InChI=1S/C6H13NS2/c1-2-9-5-3-4-6(7)8/h2-5H2,1H3,(H2,7,8). The van der Waals surface area contributed by atoms with Gasteiger partial charge in [0.2, 0.25) is 0 Å². The van der Waals surface area contributed by atoms with E-state index in [4.69, 9.17) is 18.0 Å². The lowest BCUT2D eigenvalue weighted by atomic mass is 10.3. The first-order valence-corrected chi connectivity index (χ1v) is 4.69. The van der Waals surface area contributed by atoms with E-state index in [9.17, 15) is 0 Å². The molecule has 0 heterocycles. The van der Waals surface area contributed by atoms with Crippen LogP contribution in [0.3, 0.4) is 0 Å². The maximum Gasteiger partial charge on any atom is 0.0727 e. The van der Waals surface area contributed by atoms with Gasteiger partial charge in [-0.05, 0) is 24.3 Å². The lowest BCUT2D eigenvalue weighted by Crippen LogP contribution is -2.07. The van der Waals surface area contributed by atoms with Gasteiger partial charge in [-0.3, -0.25) is 0 Å². The summed E-state index contributed by atoms with van der Waals surface area (Å²) in [4.78, 5) is 0.645. The van der Waals surface area contributed by atoms with Gasteiger partial charge < -0.3 is 5.73 Å². The van der Waals surface area contributed by atoms with Crippen LogP contribution < -0.4 is 5.73 Å². The first-order chi connectivity index (χ1) is 4.27. The van der Waals surface area contributed by atoms with Crippen LogP contribution in [0.5, 0.6) is 0 Å². The van der Waals surface area contributed by atoms with Crippen molar-refractivity contribution in [2.24, 2.45) is 5.73 Å². The molecule has 0 saturated heterocycles. The molecule has 0 aliphatic carbocycles. The molecule has 2 N–H and O–H groups in total. The lowest BCUT2D eigenvalue weighted by molar-refractivity contribution is 1.01. The number of hydrogen-bond acceptors (Lipinski definition) is 2. The number of nitrogens with two attached hydrogens (primary N) is 1. The number of thiocarbonyl (C=S) groups is 1. The van der Waals surface area contributed by atoms with Crippen LogP contribution in [0.15, 0.2) is 0 Å². The SMILES string of the molecule is CCSCCCC(N)=S. The van der Waals surface area contributed by atoms with Crippen molar-refractivity contribution in [1.29, 1.82) is 0 Å². The van der Waals surface area contributed by atoms with E-state index >= 15 is 0 Å². The zero-order valence-corrected chi connectivity index (χ0v) is 7.36. The van der Waals surface area contributed by atoms with Crippen LogP contribution in [0.25, 0.3) is 0 Å². The molecule has 9 heavy (non-hydrogen) atoms. The molecule has 0 spiro atoms. The van der Waals surface area contributed by atoms with Gasteiger partial charge in [-0.15, -0.1) is 0 Å². The van der Waals surface area contributed by atoms with E-state index in [2.05, 4.69) is 6.92 Å². The summed E-state index contributed by atoms with van der Waals surface area (Å²) >= 11 is 6.65. The average Bonchev–Trinajstić information content (AvgIpc) is 1.80. The van der Waals surface area contributed by atoms with Crippen molar-refractivity contribution in [1.82, 2.24) is 0 Å². The molecular formula is C6H13NS2. The Balaban J connectivity index is 2.83. The van der Waals surface area contributed by atoms with Crippen LogP contribution in [0, 0.1) is 0 Å². The highest BCUT2D eigenvalue weighted by Crippen LogP contribution is 2.02. The molecule has 0 rings (SSSR count). The average molecular weight is 163 g/mol. The summed E-state index contributed by atoms with van der Waals surface area (Å²) in [6, 6.07) is 0. The highest BCUT2D eigenvalue weighted by Gasteiger charge is 1.88. The monoisotopic (exact) mass is 163 g/mol. The van der Waals surface area contributed by atoms with E-state index in [0.717, 1.165) is 12.8 Å². The quantitative estimate of drug-likeness (QED) is 0.494. The van der Waals surface area contributed by atoms with Gasteiger partial charge in [0.1, 0.15) is 0 Å². The normalized spacial score (nSPS) is 9.44. The largest absolute Gasteiger partial charge is 0.393 e. The molecule has 0 aliphatic rings. The van der Waals surface area contributed by atoms with Crippen molar-refractivity contribution in [3.8, 4) is 0 Å². The minimum Gasteiger partial charge on any atom is -0.393 e. The number of rotatable bonds is 5. The van der Waals surface area contributed by atoms with E-state index in [0.29, 0.717) is 4.99 Å². The first kappa shape index (κ1) is 9.24. The van der Waals surface area contributed by atoms with Crippen LogP contribution in [0.4, 0.5) is 0 Å². The van der Waals surface area contributed by atoms with Crippen molar-refractivity contribution in [3.63, 3.8) is 0 Å². The van der Waals surface area contributed by atoms with Crippen molar-refractivity contribution in [3.05, 3.63) is 0 Å². The second-order valence-corrected chi connectivity index (χ2v) is 3.69. The number of thioether (sulfide) groups is 1. The Bertz CT molecular complexity index is 83.1. The Morgan fingerprint density at radius 2 is 2.33 bits per heavy atom. The molecule has 0 unspecified atom stereocenters. The van der Waals surface area contributed by atoms with Gasteiger partial charge in [0.15, 0.2) is 0 Å². The molecular weight excluding hydrogens is 150 g/mol.